The number of ether oxygens (including phenoxy) is 2. The van der Waals surface area contributed by atoms with E-state index in [2.05, 4.69) is 10.6 Å². The van der Waals surface area contributed by atoms with Gasteiger partial charge in [0, 0.05) is 13.0 Å². The van der Waals surface area contributed by atoms with Gasteiger partial charge in [-0.05, 0) is 44.0 Å². The average Bonchev–Trinajstić information content (AvgIpc) is 2.57. The van der Waals surface area contributed by atoms with Gasteiger partial charge >= 0.3 is 0 Å². The molecule has 6 heteroatoms. The predicted molar refractivity (Wildman–Crippen MR) is 88.6 cm³/mol. The number of methoxy groups -OCH3 is 1. The molecule has 1 aromatic carbocycles. The Labute approximate surface area is 137 Å². The first-order chi connectivity index (χ1) is 11.1. The molecule has 1 atom stereocenters. The van der Waals surface area contributed by atoms with E-state index in [-0.39, 0.29) is 11.8 Å². The van der Waals surface area contributed by atoms with Crippen LogP contribution in [0.5, 0.6) is 11.5 Å². The van der Waals surface area contributed by atoms with E-state index < -0.39 is 6.04 Å². The molecule has 1 aromatic rings. The lowest BCUT2D eigenvalue weighted by Gasteiger charge is -2.13. The van der Waals surface area contributed by atoms with E-state index in [1.54, 1.807) is 14.0 Å². The Balaban J connectivity index is 2.19. The maximum atomic E-state index is 11.8. The smallest absolute Gasteiger partial charge is 0.242 e. The quantitative estimate of drug-likeness (QED) is 0.645. The van der Waals surface area contributed by atoms with Gasteiger partial charge in [0.05, 0.1) is 13.7 Å². The number of nitrogens with one attached hydrogen (secondary N) is 2. The molecule has 0 saturated carbocycles. The summed E-state index contributed by atoms with van der Waals surface area (Å²) in [6.45, 7) is 4.72. The molecular weight excluding hydrogens is 296 g/mol. The summed E-state index contributed by atoms with van der Waals surface area (Å²) in [5, 5.41) is 5.43. The molecule has 0 aliphatic rings. The van der Waals surface area contributed by atoms with E-state index in [0.717, 1.165) is 17.9 Å². The number of carbonyl (C=O) groups is 2. The highest BCUT2D eigenvalue weighted by Gasteiger charge is 2.14. The molecule has 0 spiro atoms. The first kappa shape index (κ1) is 18.8. The second-order valence-corrected chi connectivity index (χ2v) is 5.21. The van der Waals surface area contributed by atoms with Crippen LogP contribution in [0.1, 0.15) is 33.1 Å². The van der Waals surface area contributed by atoms with Gasteiger partial charge in [-0.2, -0.15) is 0 Å². The van der Waals surface area contributed by atoms with Gasteiger partial charge in [0.2, 0.25) is 11.8 Å². The van der Waals surface area contributed by atoms with Crippen molar-refractivity contribution >= 4 is 11.8 Å². The predicted octanol–water partition coefficient (Wildman–Crippen LogP) is 1.89. The molecule has 128 valence electrons. The van der Waals surface area contributed by atoms with Crippen LogP contribution in [0.4, 0.5) is 0 Å². The third-order valence-corrected chi connectivity index (χ3v) is 3.20. The summed E-state index contributed by atoms with van der Waals surface area (Å²) >= 11 is 0. The molecule has 0 aromatic heterocycles. The van der Waals surface area contributed by atoms with Crippen LogP contribution in [0.3, 0.4) is 0 Å². The molecule has 0 aliphatic carbocycles. The molecule has 0 heterocycles. The van der Waals surface area contributed by atoms with Gasteiger partial charge in [0.15, 0.2) is 0 Å². The maximum Gasteiger partial charge on any atom is 0.242 e. The summed E-state index contributed by atoms with van der Waals surface area (Å²) in [7, 11) is 1.61. The largest absolute Gasteiger partial charge is 0.497 e. The summed E-state index contributed by atoms with van der Waals surface area (Å²) < 4.78 is 10.6. The zero-order chi connectivity index (χ0) is 17.1. The monoisotopic (exact) mass is 322 g/mol. The summed E-state index contributed by atoms with van der Waals surface area (Å²) in [6, 6.07) is 6.76. The minimum Gasteiger partial charge on any atom is -0.497 e. The lowest BCUT2D eigenvalue weighted by Crippen LogP contribution is -2.45. The van der Waals surface area contributed by atoms with Crippen molar-refractivity contribution in [1.29, 1.82) is 0 Å². The topological polar surface area (TPSA) is 76.7 Å². The number of hydrogen-bond donors (Lipinski definition) is 2. The van der Waals surface area contributed by atoms with Crippen molar-refractivity contribution in [2.45, 2.75) is 39.2 Å². The minimum atomic E-state index is -0.517. The Bertz CT molecular complexity index is 488. The van der Waals surface area contributed by atoms with Crippen LogP contribution in [0.25, 0.3) is 0 Å². The van der Waals surface area contributed by atoms with E-state index in [9.17, 15) is 9.59 Å². The van der Waals surface area contributed by atoms with E-state index in [0.29, 0.717) is 26.0 Å². The number of amides is 2. The van der Waals surface area contributed by atoms with Gasteiger partial charge in [-0.1, -0.05) is 6.92 Å². The van der Waals surface area contributed by atoms with Crippen LogP contribution in [-0.2, 0) is 9.59 Å². The fourth-order valence-corrected chi connectivity index (χ4v) is 1.88. The lowest BCUT2D eigenvalue weighted by atomic mass is 10.2. The molecule has 0 bridgehead atoms. The lowest BCUT2D eigenvalue weighted by molar-refractivity contribution is -0.128. The first-order valence-electron chi connectivity index (χ1n) is 7.90. The van der Waals surface area contributed by atoms with Crippen molar-refractivity contribution in [3.05, 3.63) is 24.3 Å². The Morgan fingerprint density at radius 1 is 1.17 bits per heavy atom. The van der Waals surface area contributed by atoms with Gasteiger partial charge in [-0.15, -0.1) is 0 Å². The fourth-order valence-electron chi connectivity index (χ4n) is 1.88. The molecule has 2 amide bonds. The number of hydrogen-bond acceptors (Lipinski definition) is 4. The Morgan fingerprint density at radius 2 is 1.83 bits per heavy atom. The molecule has 1 unspecified atom stereocenters. The SMILES string of the molecule is CCCNC(=O)C(C)NC(=O)CCCOc1ccc(OC)cc1. The highest BCUT2D eigenvalue weighted by atomic mass is 16.5. The molecule has 6 nitrogen and oxygen atoms in total. The minimum absolute atomic E-state index is 0.150. The summed E-state index contributed by atoms with van der Waals surface area (Å²) in [5.74, 6) is 1.20. The van der Waals surface area contributed by atoms with Gasteiger partial charge in [0.1, 0.15) is 17.5 Å². The van der Waals surface area contributed by atoms with Crippen LogP contribution >= 0.6 is 0 Å². The van der Waals surface area contributed by atoms with E-state index in [4.69, 9.17) is 9.47 Å². The summed E-state index contributed by atoms with van der Waals surface area (Å²) in [4.78, 5) is 23.4. The highest BCUT2D eigenvalue weighted by molar-refractivity contribution is 5.87. The second-order valence-electron chi connectivity index (χ2n) is 5.21. The summed E-state index contributed by atoms with van der Waals surface area (Å²) in [5.41, 5.74) is 0. The van der Waals surface area contributed by atoms with Crippen LogP contribution in [0.2, 0.25) is 0 Å². The molecule has 2 N–H and O–H groups in total. The van der Waals surface area contributed by atoms with Crippen molar-refractivity contribution in [2.75, 3.05) is 20.3 Å². The molecule has 1 rings (SSSR count). The van der Waals surface area contributed by atoms with Crippen LogP contribution in [0.15, 0.2) is 24.3 Å². The summed E-state index contributed by atoms with van der Waals surface area (Å²) in [6.07, 6.45) is 1.78. The second kappa shape index (κ2) is 10.5. The number of carbonyl (C=O) groups excluding carboxylic acids is 2. The van der Waals surface area contributed by atoms with Crippen LogP contribution in [0, 0.1) is 0 Å². The van der Waals surface area contributed by atoms with Gasteiger partial charge in [-0.25, -0.2) is 0 Å². The van der Waals surface area contributed by atoms with Crippen molar-refractivity contribution in [2.24, 2.45) is 0 Å². The zero-order valence-electron chi connectivity index (χ0n) is 14.1. The van der Waals surface area contributed by atoms with Crippen molar-refractivity contribution in [1.82, 2.24) is 10.6 Å². The van der Waals surface area contributed by atoms with Gasteiger partial charge in [-0.3, -0.25) is 9.59 Å². The van der Waals surface area contributed by atoms with E-state index in [1.165, 1.54) is 0 Å². The van der Waals surface area contributed by atoms with E-state index >= 15 is 0 Å². The van der Waals surface area contributed by atoms with Crippen LogP contribution in [-0.4, -0.2) is 38.1 Å². The molecule has 0 aliphatic heterocycles. The molecule has 23 heavy (non-hydrogen) atoms. The maximum absolute atomic E-state index is 11.8. The number of benzene rings is 1. The third kappa shape index (κ3) is 7.54. The van der Waals surface area contributed by atoms with Crippen LogP contribution < -0.4 is 20.1 Å². The normalized spacial score (nSPS) is 11.4. The van der Waals surface area contributed by atoms with Crippen molar-refractivity contribution < 1.29 is 19.1 Å². The first-order valence-corrected chi connectivity index (χ1v) is 7.90. The van der Waals surface area contributed by atoms with Gasteiger partial charge in [0.25, 0.3) is 0 Å². The molecule has 0 saturated heterocycles. The Hall–Kier alpha value is -2.24. The standard InChI is InChI=1S/C17H26N2O4/c1-4-11-18-17(21)13(2)19-16(20)6-5-12-23-15-9-7-14(22-3)8-10-15/h7-10,13H,4-6,11-12H2,1-3H3,(H,18,21)(H,19,20). The fraction of sp³-hybridized carbons (Fsp3) is 0.529. The van der Waals surface area contributed by atoms with Gasteiger partial charge < -0.3 is 20.1 Å². The zero-order valence-corrected chi connectivity index (χ0v) is 14.1. The molecule has 0 fully saturated rings. The highest BCUT2D eigenvalue weighted by Crippen LogP contribution is 2.17. The molecule has 0 radical (unpaired) electrons. The average molecular weight is 322 g/mol. The molecular formula is C17H26N2O4. The Morgan fingerprint density at radius 3 is 2.43 bits per heavy atom. The third-order valence-electron chi connectivity index (χ3n) is 3.20. The van der Waals surface area contributed by atoms with Crippen molar-refractivity contribution in [3.63, 3.8) is 0 Å². The Kier molecular flexibility index (Phi) is 8.57. The number of rotatable bonds is 10. The van der Waals surface area contributed by atoms with Crippen molar-refractivity contribution in [3.8, 4) is 11.5 Å². The van der Waals surface area contributed by atoms with E-state index in [1.807, 2.05) is 31.2 Å².